The van der Waals surface area contributed by atoms with Crippen molar-refractivity contribution in [2.24, 2.45) is 0 Å². The van der Waals surface area contributed by atoms with Gasteiger partial charge in [0.1, 0.15) is 0 Å². The highest BCUT2D eigenvalue weighted by molar-refractivity contribution is 7.26. The molecule has 12 rings (SSSR count). The fourth-order valence-corrected chi connectivity index (χ4v) is 15.8. The van der Waals surface area contributed by atoms with Gasteiger partial charge in [0, 0.05) is 53.1 Å². The summed E-state index contributed by atoms with van der Waals surface area (Å²) in [6.45, 7) is 0. The van der Waals surface area contributed by atoms with Crippen molar-refractivity contribution in [1.29, 1.82) is 0 Å². The first-order chi connectivity index (χ1) is 28.8. The van der Waals surface area contributed by atoms with Gasteiger partial charge in [-0.25, -0.2) is 0 Å². The topological polar surface area (TPSA) is 9.86 Å². The van der Waals surface area contributed by atoms with Crippen molar-refractivity contribution in [2.45, 2.75) is 0 Å². The minimum Gasteiger partial charge on any atom is -0.309 e. The summed E-state index contributed by atoms with van der Waals surface area (Å²) < 4.78 is 7.57. The molecule has 4 heteroatoms. The zero-order chi connectivity index (χ0) is 38.2. The molecule has 0 spiro atoms. The monoisotopic (exact) mass is 772 g/mol. The van der Waals surface area contributed by atoms with Crippen LogP contribution in [0.5, 0.6) is 0 Å². The molecule has 9 aromatic carbocycles. The number of fused-ring (bicyclic) bond motifs is 10. The molecule has 0 radical (unpaired) electrons. The van der Waals surface area contributed by atoms with Gasteiger partial charge in [0.15, 0.2) is 8.07 Å². The lowest BCUT2D eigenvalue weighted by Crippen LogP contribution is -2.74. The van der Waals surface area contributed by atoms with E-state index in [9.17, 15) is 0 Å². The molecule has 0 aliphatic carbocycles. The summed E-state index contributed by atoms with van der Waals surface area (Å²) in [7, 11) is -2.86. The third-order valence-corrected chi connectivity index (χ3v) is 18.3. The zero-order valence-electron chi connectivity index (χ0n) is 31.6. The van der Waals surface area contributed by atoms with Crippen molar-refractivity contribution in [2.75, 3.05) is 0 Å². The van der Waals surface area contributed by atoms with Crippen molar-refractivity contribution in [3.8, 4) is 11.4 Å². The Hall–Kier alpha value is -6.98. The van der Waals surface area contributed by atoms with Crippen molar-refractivity contribution >= 4 is 104 Å². The highest BCUT2D eigenvalue weighted by atomic mass is 32.1. The maximum Gasteiger partial charge on any atom is 0.179 e. The highest BCUT2D eigenvalue weighted by Gasteiger charge is 2.41. The first-order valence-corrected chi connectivity index (χ1v) is 22.8. The molecule has 0 saturated heterocycles. The van der Waals surface area contributed by atoms with Crippen LogP contribution < -0.4 is 20.7 Å². The van der Waals surface area contributed by atoms with Gasteiger partial charge in [-0.05, 0) is 75.3 Å². The molecule has 3 aromatic heterocycles. The summed E-state index contributed by atoms with van der Waals surface area (Å²) in [5, 5.41) is 13.3. The van der Waals surface area contributed by atoms with Crippen LogP contribution in [-0.4, -0.2) is 17.2 Å². The molecule has 0 bridgehead atoms. The molecule has 272 valence electrons. The van der Waals surface area contributed by atoms with Crippen LogP contribution in [0.3, 0.4) is 0 Å². The van der Waals surface area contributed by atoms with Gasteiger partial charge in [-0.2, -0.15) is 0 Å². The molecule has 12 aromatic rings. The van der Waals surface area contributed by atoms with E-state index in [0.29, 0.717) is 0 Å². The van der Waals surface area contributed by atoms with Crippen LogP contribution >= 0.6 is 11.3 Å². The predicted molar refractivity (Wildman–Crippen MR) is 252 cm³/mol. The normalized spacial score (nSPS) is 12.1. The summed E-state index contributed by atoms with van der Waals surface area (Å²) in [4.78, 5) is 0. The van der Waals surface area contributed by atoms with Crippen LogP contribution in [0.2, 0.25) is 0 Å². The van der Waals surface area contributed by atoms with E-state index < -0.39 is 8.07 Å². The van der Waals surface area contributed by atoms with Crippen LogP contribution in [0.1, 0.15) is 0 Å². The molecule has 0 aliphatic rings. The molecule has 2 nitrogen and oxygen atoms in total. The van der Waals surface area contributed by atoms with Crippen LogP contribution in [0.4, 0.5) is 0 Å². The number of nitrogens with zero attached hydrogens (tertiary/aromatic N) is 2. The SMILES string of the molecule is c1ccc(-n2c3ccccc3c3cc([Si](c4ccccc4)(c4ccccc4)c4ccc(-n5c6ccccc6c6c7sc8ccccc8c7ccc65)cc4)ccc32)cc1. The molecule has 0 aliphatic heterocycles. The van der Waals surface area contributed by atoms with Crippen LogP contribution in [0.25, 0.3) is 75.2 Å². The summed E-state index contributed by atoms with van der Waals surface area (Å²) in [5.74, 6) is 0. The standard InChI is InChI=1S/C54H36N2SSi/c1-4-16-37(17-5-1)55-48-25-13-10-22-43(48)47-36-42(32-34-50(47)55)58(39-18-6-2-7-19-39,40-20-8-3-9-21-40)41-30-28-38(29-31-41)56-49-26-14-11-24-46(49)53-51(56)35-33-45-44-23-12-15-27-52(44)57-54(45)53/h1-36H. The maximum absolute atomic E-state index is 2.86. The van der Waals surface area contributed by atoms with Gasteiger partial charge in [-0.15, -0.1) is 11.3 Å². The van der Waals surface area contributed by atoms with Gasteiger partial charge in [0.05, 0.1) is 22.1 Å². The minimum absolute atomic E-state index is 1.17. The molecule has 0 saturated carbocycles. The number of rotatable bonds is 6. The van der Waals surface area contributed by atoms with E-state index in [1.165, 1.54) is 95.9 Å². The Morgan fingerprint density at radius 1 is 0.310 bits per heavy atom. The van der Waals surface area contributed by atoms with Gasteiger partial charge < -0.3 is 9.13 Å². The van der Waals surface area contributed by atoms with E-state index in [1.54, 1.807) is 0 Å². The molecule has 0 unspecified atom stereocenters. The lowest BCUT2D eigenvalue weighted by molar-refractivity contribution is 1.18. The molecule has 3 heterocycles. The van der Waals surface area contributed by atoms with Crippen molar-refractivity contribution in [1.82, 2.24) is 9.13 Å². The van der Waals surface area contributed by atoms with E-state index >= 15 is 0 Å². The van der Waals surface area contributed by atoms with E-state index in [4.69, 9.17) is 0 Å². The Labute approximate surface area is 341 Å². The van der Waals surface area contributed by atoms with Gasteiger partial charge in [-0.1, -0.05) is 164 Å². The van der Waals surface area contributed by atoms with E-state index in [0.717, 1.165) is 0 Å². The Balaban J connectivity index is 1.11. The molecule has 0 amide bonds. The molecule has 0 N–H and O–H groups in total. The first kappa shape index (κ1) is 33.2. The second-order valence-electron chi connectivity index (χ2n) is 15.2. The number of benzene rings is 9. The van der Waals surface area contributed by atoms with Crippen LogP contribution in [0.15, 0.2) is 218 Å². The molecular formula is C54H36N2SSi. The third kappa shape index (κ3) is 4.76. The van der Waals surface area contributed by atoms with Crippen LogP contribution in [0, 0.1) is 0 Å². The second-order valence-corrected chi connectivity index (χ2v) is 20.1. The molecular weight excluding hydrogens is 737 g/mol. The zero-order valence-corrected chi connectivity index (χ0v) is 33.4. The second kappa shape index (κ2) is 13.0. The Kier molecular flexibility index (Phi) is 7.46. The van der Waals surface area contributed by atoms with Gasteiger partial charge in [0.2, 0.25) is 0 Å². The summed E-state index contributed by atoms with van der Waals surface area (Å²) in [6, 6.07) is 81.4. The molecule has 58 heavy (non-hydrogen) atoms. The predicted octanol–water partition coefficient (Wildman–Crippen LogP) is 11.6. The Morgan fingerprint density at radius 3 is 1.50 bits per heavy atom. The van der Waals surface area contributed by atoms with Gasteiger partial charge >= 0.3 is 0 Å². The number of thiophene rings is 1. The number of hydrogen-bond donors (Lipinski definition) is 0. The first-order valence-electron chi connectivity index (χ1n) is 19.9. The van der Waals surface area contributed by atoms with E-state index in [-0.39, 0.29) is 0 Å². The quantitative estimate of drug-likeness (QED) is 0.118. The average Bonchev–Trinajstić information content (AvgIpc) is 3.96. The number of para-hydroxylation sites is 3. The smallest absolute Gasteiger partial charge is 0.179 e. The fraction of sp³-hybridized carbons (Fsp3) is 0. The lowest BCUT2D eigenvalue weighted by atomic mass is 10.1. The van der Waals surface area contributed by atoms with E-state index in [2.05, 4.69) is 228 Å². The van der Waals surface area contributed by atoms with Crippen molar-refractivity contribution in [3.05, 3.63) is 218 Å². The average molecular weight is 773 g/mol. The van der Waals surface area contributed by atoms with Crippen LogP contribution in [-0.2, 0) is 0 Å². The highest BCUT2D eigenvalue weighted by Crippen LogP contribution is 2.43. The van der Waals surface area contributed by atoms with Gasteiger partial charge in [0.25, 0.3) is 0 Å². The van der Waals surface area contributed by atoms with Crippen molar-refractivity contribution < 1.29 is 0 Å². The molecule has 0 atom stereocenters. The molecule has 0 fully saturated rings. The largest absolute Gasteiger partial charge is 0.309 e. The van der Waals surface area contributed by atoms with Gasteiger partial charge in [-0.3, -0.25) is 0 Å². The summed E-state index contributed by atoms with van der Waals surface area (Å²) in [6.07, 6.45) is 0. The maximum atomic E-state index is 2.51. The summed E-state index contributed by atoms with van der Waals surface area (Å²) >= 11 is 1.91. The minimum atomic E-state index is -2.86. The lowest BCUT2D eigenvalue weighted by Gasteiger charge is -2.34. The number of hydrogen-bond acceptors (Lipinski definition) is 1. The fourth-order valence-electron chi connectivity index (χ4n) is 9.81. The Morgan fingerprint density at radius 2 is 0.793 bits per heavy atom. The van der Waals surface area contributed by atoms with Crippen molar-refractivity contribution in [3.63, 3.8) is 0 Å². The third-order valence-electron chi connectivity index (χ3n) is 12.3. The van der Waals surface area contributed by atoms with E-state index in [1.807, 2.05) is 11.3 Å². The Bertz CT molecular complexity index is 3450. The summed E-state index contributed by atoms with van der Waals surface area (Å²) in [5.41, 5.74) is 7.24. The number of aromatic nitrogens is 2.